The Hall–Kier alpha value is -2.84. The Morgan fingerprint density at radius 1 is 1.19 bits per heavy atom. The molecule has 1 aromatic heterocycles. The smallest absolute Gasteiger partial charge is 0.417 e. The number of benzene rings is 1. The van der Waals surface area contributed by atoms with Crippen molar-refractivity contribution >= 4 is 6.03 Å². The van der Waals surface area contributed by atoms with Crippen LogP contribution in [0.25, 0.3) is 0 Å². The van der Waals surface area contributed by atoms with Crippen molar-refractivity contribution in [2.24, 2.45) is 0 Å². The maximum Gasteiger partial charge on any atom is 0.417 e. The molecule has 26 heavy (non-hydrogen) atoms. The van der Waals surface area contributed by atoms with Gasteiger partial charge in [0.25, 0.3) is 0 Å². The molecule has 1 aliphatic heterocycles. The normalized spacial score (nSPS) is 14.7. The summed E-state index contributed by atoms with van der Waals surface area (Å²) in [7, 11) is 0. The number of carbonyl (C=O) groups excluding carboxylic acids is 1. The Labute approximate surface area is 146 Å². The van der Waals surface area contributed by atoms with Gasteiger partial charge in [0, 0.05) is 18.8 Å². The van der Waals surface area contributed by atoms with Crippen LogP contribution in [0.3, 0.4) is 0 Å². The van der Waals surface area contributed by atoms with Crippen LogP contribution in [0, 0.1) is 5.82 Å². The lowest BCUT2D eigenvalue weighted by Gasteiger charge is -2.38. The molecule has 1 fully saturated rings. The minimum Gasteiger partial charge on any atom is -0.471 e. The molecule has 1 aliphatic rings. The first-order valence-corrected chi connectivity index (χ1v) is 7.78. The fourth-order valence-electron chi connectivity index (χ4n) is 2.36. The van der Waals surface area contributed by atoms with E-state index in [0.717, 1.165) is 17.7 Å². The van der Waals surface area contributed by atoms with E-state index in [4.69, 9.17) is 4.74 Å². The first-order chi connectivity index (χ1) is 12.3. The van der Waals surface area contributed by atoms with Crippen LogP contribution < -0.4 is 10.1 Å². The molecule has 0 spiro atoms. The highest BCUT2D eigenvalue weighted by molar-refractivity contribution is 5.75. The summed E-state index contributed by atoms with van der Waals surface area (Å²) in [6.45, 7) is 0.873. The molecule has 2 aromatic rings. The standard InChI is InChI=1S/C17H15F4N3O2/c18-13-4-1-11(2-5-13)7-23-16(25)24-9-14(10-24)26-15-6-3-12(8-22-15)17(19,20)21/h1-6,8,14H,7,9-10H2,(H,23,25). The highest BCUT2D eigenvalue weighted by Gasteiger charge is 2.33. The molecular weight excluding hydrogens is 354 g/mol. The van der Waals surface area contributed by atoms with Crippen LogP contribution in [0.4, 0.5) is 22.4 Å². The van der Waals surface area contributed by atoms with E-state index in [2.05, 4.69) is 10.3 Å². The SMILES string of the molecule is O=C(NCc1ccc(F)cc1)N1CC(Oc2ccc(C(F)(F)F)cn2)C1. The molecule has 1 aromatic carbocycles. The topological polar surface area (TPSA) is 54.5 Å². The van der Waals surface area contributed by atoms with Crippen LogP contribution in [0.15, 0.2) is 42.6 Å². The van der Waals surface area contributed by atoms with E-state index in [-0.39, 0.29) is 30.4 Å². The minimum absolute atomic E-state index is 0.0781. The summed E-state index contributed by atoms with van der Waals surface area (Å²) in [6, 6.07) is 7.53. The minimum atomic E-state index is -4.44. The molecule has 0 saturated carbocycles. The number of ether oxygens (including phenoxy) is 1. The summed E-state index contributed by atoms with van der Waals surface area (Å²) < 4.78 is 55.6. The number of hydrogen-bond donors (Lipinski definition) is 1. The van der Waals surface area contributed by atoms with Gasteiger partial charge in [0.2, 0.25) is 5.88 Å². The van der Waals surface area contributed by atoms with Gasteiger partial charge in [-0.25, -0.2) is 14.2 Å². The number of urea groups is 1. The zero-order chi connectivity index (χ0) is 18.7. The first kappa shape index (κ1) is 18.0. The molecule has 0 atom stereocenters. The van der Waals surface area contributed by atoms with Crippen LogP contribution in [0.1, 0.15) is 11.1 Å². The Bertz CT molecular complexity index is 757. The van der Waals surface area contributed by atoms with Crippen LogP contribution in [-0.4, -0.2) is 35.1 Å². The van der Waals surface area contributed by atoms with Gasteiger partial charge in [-0.3, -0.25) is 0 Å². The number of amides is 2. The van der Waals surface area contributed by atoms with Gasteiger partial charge >= 0.3 is 12.2 Å². The molecule has 5 nitrogen and oxygen atoms in total. The second-order valence-corrected chi connectivity index (χ2v) is 5.81. The number of aromatic nitrogens is 1. The summed E-state index contributed by atoms with van der Waals surface area (Å²) in [4.78, 5) is 17.1. The number of rotatable bonds is 4. The molecule has 9 heteroatoms. The zero-order valence-corrected chi connectivity index (χ0v) is 13.5. The summed E-state index contributed by atoms with van der Waals surface area (Å²) in [5, 5.41) is 2.70. The van der Waals surface area contributed by atoms with Gasteiger partial charge in [-0.15, -0.1) is 0 Å². The van der Waals surface area contributed by atoms with Crippen molar-refractivity contribution in [1.82, 2.24) is 15.2 Å². The van der Waals surface area contributed by atoms with E-state index in [1.807, 2.05) is 0 Å². The van der Waals surface area contributed by atoms with Gasteiger partial charge in [0.05, 0.1) is 18.7 Å². The number of alkyl halides is 3. The molecule has 0 bridgehead atoms. The number of pyridine rings is 1. The highest BCUT2D eigenvalue weighted by Crippen LogP contribution is 2.29. The predicted molar refractivity (Wildman–Crippen MR) is 83.9 cm³/mol. The fraction of sp³-hybridized carbons (Fsp3) is 0.294. The molecule has 3 rings (SSSR count). The number of nitrogens with one attached hydrogen (secondary N) is 1. The first-order valence-electron chi connectivity index (χ1n) is 7.78. The monoisotopic (exact) mass is 369 g/mol. The van der Waals surface area contributed by atoms with Gasteiger partial charge in [-0.05, 0) is 23.8 Å². The van der Waals surface area contributed by atoms with Crippen LogP contribution in [0.2, 0.25) is 0 Å². The molecule has 0 aliphatic carbocycles. The largest absolute Gasteiger partial charge is 0.471 e. The third-order valence-corrected chi connectivity index (χ3v) is 3.84. The van der Waals surface area contributed by atoms with E-state index >= 15 is 0 Å². The van der Waals surface area contributed by atoms with Gasteiger partial charge < -0.3 is 15.0 Å². The number of halogens is 4. The number of carbonyl (C=O) groups is 1. The molecule has 0 radical (unpaired) electrons. The highest BCUT2D eigenvalue weighted by atomic mass is 19.4. The molecular formula is C17H15F4N3O2. The van der Waals surface area contributed by atoms with Gasteiger partial charge in [-0.1, -0.05) is 12.1 Å². The summed E-state index contributed by atoms with van der Waals surface area (Å²) in [5.41, 5.74) is -0.0812. The Kier molecular flexibility index (Phi) is 4.97. The molecule has 1 saturated heterocycles. The third-order valence-electron chi connectivity index (χ3n) is 3.84. The van der Waals surface area contributed by atoms with Crippen molar-refractivity contribution in [1.29, 1.82) is 0 Å². The van der Waals surface area contributed by atoms with Gasteiger partial charge in [0.15, 0.2) is 0 Å². The summed E-state index contributed by atoms with van der Waals surface area (Å²) in [6.07, 6.45) is -4.06. The molecule has 0 unspecified atom stereocenters. The van der Waals surface area contributed by atoms with Crippen molar-refractivity contribution in [2.45, 2.75) is 18.8 Å². The number of likely N-dealkylation sites (tertiary alicyclic amines) is 1. The van der Waals surface area contributed by atoms with Crippen molar-refractivity contribution in [3.05, 3.63) is 59.5 Å². The predicted octanol–water partition coefficient (Wildman–Crippen LogP) is 3.21. The van der Waals surface area contributed by atoms with Crippen molar-refractivity contribution in [3.8, 4) is 5.88 Å². The number of hydrogen-bond acceptors (Lipinski definition) is 3. The van der Waals surface area contributed by atoms with Crippen LogP contribution >= 0.6 is 0 Å². The molecule has 2 amide bonds. The van der Waals surface area contributed by atoms with E-state index in [1.54, 1.807) is 12.1 Å². The Balaban J connectivity index is 1.42. The molecule has 1 N–H and O–H groups in total. The van der Waals surface area contributed by atoms with E-state index in [0.29, 0.717) is 19.3 Å². The van der Waals surface area contributed by atoms with Crippen LogP contribution in [-0.2, 0) is 12.7 Å². The van der Waals surface area contributed by atoms with Gasteiger partial charge in [-0.2, -0.15) is 13.2 Å². The lowest BCUT2D eigenvalue weighted by atomic mass is 10.2. The maximum atomic E-state index is 12.8. The zero-order valence-electron chi connectivity index (χ0n) is 13.5. The van der Waals surface area contributed by atoms with Crippen molar-refractivity contribution in [3.63, 3.8) is 0 Å². The Morgan fingerprint density at radius 3 is 2.46 bits per heavy atom. The average molecular weight is 369 g/mol. The van der Waals surface area contributed by atoms with E-state index < -0.39 is 11.7 Å². The number of nitrogens with zero attached hydrogens (tertiary/aromatic N) is 2. The van der Waals surface area contributed by atoms with E-state index in [1.165, 1.54) is 17.0 Å². The average Bonchev–Trinajstić information content (AvgIpc) is 2.56. The molecule has 2 heterocycles. The van der Waals surface area contributed by atoms with Crippen LogP contribution in [0.5, 0.6) is 5.88 Å². The third kappa shape index (κ3) is 4.41. The van der Waals surface area contributed by atoms with Crippen molar-refractivity contribution < 1.29 is 27.1 Å². The lowest BCUT2D eigenvalue weighted by molar-refractivity contribution is -0.137. The molecule has 138 valence electrons. The van der Waals surface area contributed by atoms with Gasteiger partial charge in [0.1, 0.15) is 11.9 Å². The quantitative estimate of drug-likeness (QED) is 0.842. The summed E-state index contributed by atoms with van der Waals surface area (Å²) >= 11 is 0. The summed E-state index contributed by atoms with van der Waals surface area (Å²) in [5.74, 6) is -0.269. The second-order valence-electron chi connectivity index (χ2n) is 5.81. The maximum absolute atomic E-state index is 12.8. The lowest BCUT2D eigenvalue weighted by Crippen LogP contribution is -2.58. The Morgan fingerprint density at radius 2 is 1.88 bits per heavy atom. The fourth-order valence-corrected chi connectivity index (χ4v) is 2.36. The van der Waals surface area contributed by atoms with Crippen molar-refractivity contribution in [2.75, 3.05) is 13.1 Å². The van der Waals surface area contributed by atoms with E-state index in [9.17, 15) is 22.4 Å². The second kappa shape index (κ2) is 7.19.